The van der Waals surface area contributed by atoms with E-state index in [0.717, 1.165) is 5.56 Å². The molecule has 1 aromatic carbocycles. The number of carbonyl (C=O) groups is 1. The van der Waals surface area contributed by atoms with Gasteiger partial charge < -0.3 is 5.73 Å². The summed E-state index contributed by atoms with van der Waals surface area (Å²) in [5.41, 5.74) is 8.32. The minimum atomic E-state index is -0.127. The van der Waals surface area contributed by atoms with Gasteiger partial charge in [0.05, 0.1) is 10.7 Å². The van der Waals surface area contributed by atoms with Crippen LogP contribution >= 0.6 is 15.9 Å². The molecule has 17 heavy (non-hydrogen) atoms. The number of nitrogen functional groups attached to an aromatic ring is 1. The van der Waals surface area contributed by atoms with Crippen LogP contribution in [0.15, 0.2) is 28.9 Å². The number of hydrogen-bond acceptors (Lipinski definition) is 3. The molecule has 0 bridgehead atoms. The van der Waals surface area contributed by atoms with Gasteiger partial charge in [-0.15, -0.1) is 0 Å². The quantitative estimate of drug-likeness (QED) is 0.683. The van der Waals surface area contributed by atoms with E-state index in [9.17, 15) is 4.79 Å². The van der Waals surface area contributed by atoms with E-state index in [2.05, 4.69) is 21.0 Å². The molecule has 0 aliphatic heterocycles. The Morgan fingerprint density at radius 1 is 1.47 bits per heavy atom. The molecule has 1 aromatic heterocycles. The number of halogens is 1. The second-order valence-corrected chi connectivity index (χ2v) is 4.74. The van der Waals surface area contributed by atoms with Crippen molar-refractivity contribution in [3.63, 3.8) is 0 Å². The topological polar surface area (TPSA) is 60.9 Å². The maximum Gasteiger partial charge on any atom is 0.214 e. The third-order valence-corrected chi connectivity index (χ3v) is 3.14. The number of aromatic nitrogens is 2. The molecular weight excluding hydrogens is 282 g/mol. The van der Waals surface area contributed by atoms with Crippen molar-refractivity contribution in [1.82, 2.24) is 9.78 Å². The van der Waals surface area contributed by atoms with Gasteiger partial charge in [0.25, 0.3) is 0 Å². The number of benzene rings is 1. The number of hydrogen-bond donors (Lipinski definition) is 1. The second kappa shape index (κ2) is 4.33. The number of nitrogens with zero attached hydrogens (tertiary/aromatic N) is 2. The van der Waals surface area contributed by atoms with Gasteiger partial charge in [-0.05, 0) is 35.0 Å². The van der Waals surface area contributed by atoms with Gasteiger partial charge in [0.2, 0.25) is 5.78 Å². The molecule has 0 unspecified atom stereocenters. The van der Waals surface area contributed by atoms with E-state index in [1.165, 1.54) is 4.68 Å². The molecule has 0 saturated carbocycles. The molecule has 0 atom stereocenters. The van der Waals surface area contributed by atoms with Crippen molar-refractivity contribution in [2.45, 2.75) is 6.92 Å². The molecule has 0 aliphatic carbocycles. The summed E-state index contributed by atoms with van der Waals surface area (Å²) < 4.78 is 2.21. The fourth-order valence-corrected chi connectivity index (χ4v) is 2.19. The minimum absolute atomic E-state index is 0.127. The molecule has 2 N–H and O–H groups in total. The zero-order valence-corrected chi connectivity index (χ0v) is 11.2. The highest BCUT2D eigenvalue weighted by Crippen LogP contribution is 2.22. The van der Waals surface area contributed by atoms with Gasteiger partial charge in [0, 0.05) is 18.3 Å². The molecular formula is C12H12BrN3O. The van der Waals surface area contributed by atoms with Crippen molar-refractivity contribution < 1.29 is 4.79 Å². The smallest absolute Gasteiger partial charge is 0.214 e. The Kier molecular flexibility index (Phi) is 3.02. The Balaban J connectivity index is 2.55. The summed E-state index contributed by atoms with van der Waals surface area (Å²) in [7, 11) is 1.73. The maximum atomic E-state index is 12.4. The molecule has 2 aromatic rings. The van der Waals surface area contributed by atoms with E-state index in [0.29, 0.717) is 21.4 Å². The van der Waals surface area contributed by atoms with E-state index in [-0.39, 0.29) is 5.78 Å². The summed E-state index contributed by atoms with van der Waals surface area (Å²) in [4.78, 5) is 12.4. The second-order valence-electron chi connectivity index (χ2n) is 3.88. The van der Waals surface area contributed by atoms with Crippen LogP contribution in [0.4, 0.5) is 5.69 Å². The lowest BCUT2D eigenvalue weighted by Gasteiger charge is -2.06. The Bertz CT molecular complexity index is 570. The number of carbonyl (C=O) groups excluding carboxylic acids is 1. The van der Waals surface area contributed by atoms with E-state index in [1.54, 1.807) is 25.4 Å². The minimum Gasteiger partial charge on any atom is -0.398 e. The fourth-order valence-electron chi connectivity index (χ4n) is 1.66. The lowest BCUT2D eigenvalue weighted by molar-refractivity contribution is 0.103. The molecule has 0 spiro atoms. The van der Waals surface area contributed by atoms with Gasteiger partial charge in [-0.2, -0.15) is 5.10 Å². The van der Waals surface area contributed by atoms with Crippen molar-refractivity contribution in [2.24, 2.45) is 7.05 Å². The van der Waals surface area contributed by atoms with Gasteiger partial charge in [0.1, 0.15) is 5.69 Å². The van der Waals surface area contributed by atoms with Crippen LogP contribution < -0.4 is 5.73 Å². The van der Waals surface area contributed by atoms with E-state index in [4.69, 9.17) is 5.73 Å². The van der Waals surface area contributed by atoms with Crippen LogP contribution in [0.5, 0.6) is 0 Å². The maximum absolute atomic E-state index is 12.4. The average Bonchev–Trinajstić information content (AvgIpc) is 2.61. The fraction of sp³-hybridized carbons (Fsp3) is 0.167. The van der Waals surface area contributed by atoms with Crippen LogP contribution in [0.25, 0.3) is 0 Å². The first-order valence-electron chi connectivity index (χ1n) is 5.09. The van der Waals surface area contributed by atoms with Crippen LogP contribution in [-0.2, 0) is 7.05 Å². The van der Waals surface area contributed by atoms with Crippen LogP contribution in [0.2, 0.25) is 0 Å². The molecule has 88 valence electrons. The van der Waals surface area contributed by atoms with Crippen LogP contribution in [0.3, 0.4) is 0 Å². The van der Waals surface area contributed by atoms with E-state index in [1.807, 2.05) is 13.0 Å². The number of rotatable bonds is 2. The van der Waals surface area contributed by atoms with E-state index >= 15 is 0 Å². The number of nitrogens with two attached hydrogens (primary N) is 1. The normalized spacial score (nSPS) is 10.5. The van der Waals surface area contributed by atoms with Crippen molar-refractivity contribution in [2.75, 3.05) is 5.73 Å². The van der Waals surface area contributed by atoms with Crippen molar-refractivity contribution >= 4 is 27.4 Å². The van der Waals surface area contributed by atoms with Crippen molar-refractivity contribution in [3.8, 4) is 0 Å². The van der Waals surface area contributed by atoms with Gasteiger partial charge in [-0.25, -0.2) is 0 Å². The van der Waals surface area contributed by atoms with Crippen LogP contribution in [0, 0.1) is 6.92 Å². The zero-order chi connectivity index (χ0) is 12.6. The van der Waals surface area contributed by atoms with Gasteiger partial charge in [-0.1, -0.05) is 11.6 Å². The summed E-state index contributed by atoms with van der Waals surface area (Å²) in [6, 6.07) is 5.41. The van der Waals surface area contributed by atoms with Gasteiger partial charge >= 0.3 is 0 Å². The number of anilines is 1. The third-order valence-electron chi connectivity index (χ3n) is 2.56. The first kappa shape index (κ1) is 11.9. The molecule has 0 radical (unpaired) electrons. The zero-order valence-electron chi connectivity index (χ0n) is 9.57. The largest absolute Gasteiger partial charge is 0.398 e. The molecule has 0 saturated heterocycles. The highest BCUT2D eigenvalue weighted by Gasteiger charge is 2.19. The Morgan fingerprint density at radius 2 is 2.18 bits per heavy atom. The van der Waals surface area contributed by atoms with Crippen LogP contribution in [0.1, 0.15) is 21.6 Å². The monoisotopic (exact) mass is 293 g/mol. The van der Waals surface area contributed by atoms with Crippen molar-refractivity contribution in [3.05, 3.63) is 45.7 Å². The van der Waals surface area contributed by atoms with Gasteiger partial charge in [0.15, 0.2) is 0 Å². The lowest BCUT2D eigenvalue weighted by Crippen LogP contribution is -2.11. The molecule has 2 rings (SSSR count). The average molecular weight is 294 g/mol. The number of aryl methyl sites for hydroxylation is 2. The molecule has 4 nitrogen and oxygen atoms in total. The third kappa shape index (κ3) is 2.10. The molecule has 0 fully saturated rings. The van der Waals surface area contributed by atoms with Crippen LogP contribution in [-0.4, -0.2) is 15.6 Å². The first-order valence-corrected chi connectivity index (χ1v) is 5.88. The molecule has 0 amide bonds. The summed E-state index contributed by atoms with van der Waals surface area (Å²) >= 11 is 3.31. The molecule has 1 heterocycles. The van der Waals surface area contributed by atoms with Crippen molar-refractivity contribution in [1.29, 1.82) is 0 Å². The Morgan fingerprint density at radius 3 is 2.76 bits per heavy atom. The Labute approximate surface area is 108 Å². The Hall–Kier alpha value is -1.62. The summed E-state index contributed by atoms with van der Waals surface area (Å²) in [5.74, 6) is -0.127. The predicted molar refractivity (Wildman–Crippen MR) is 69.9 cm³/mol. The highest BCUT2D eigenvalue weighted by atomic mass is 79.9. The molecule has 5 heteroatoms. The first-order chi connectivity index (χ1) is 8.00. The highest BCUT2D eigenvalue weighted by molar-refractivity contribution is 9.10. The lowest BCUT2D eigenvalue weighted by atomic mass is 10.0. The summed E-state index contributed by atoms with van der Waals surface area (Å²) in [6.07, 6.45) is 1.60. The molecule has 0 aliphatic rings. The summed E-state index contributed by atoms with van der Waals surface area (Å²) in [6.45, 7) is 1.93. The predicted octanol–water partition coefficient (Wildman–Crippen LogP) is 2.30. The van der Waals surface area contributed by atoms with E-state index < -0.39 is 0 Å². The standard InChI is InChI=1S/C12H12BrN3O/c1-7-3-4-10(14)8(5-7)12(17)11-9(13)6-15-16(11)2/h3-6H,14H2,1-2H3. The number of ketones is 1. The van der Waals surface area contributed by atoms with Gasteiger partial charge in [-0.3, -0.25) is 9.48 Å². The SMILES string of the molecule is Cc1ccc(N)c(C(=O)c2c(Br)cnn2C)c1. The summed E-state index contributed by atoms with van der Waals surface area (Å²) in [5, 5.41) is 4.02.